The Balaban J connectivity index is 2.39. The van der Waals surface area contributed by atoms with Crippen LogP contribution in [0.2, 0.25) is 0 Å². The normalized spacial score (nSPS) is 19.8. The minimum absolute atomic E-state index is 0.211. The molecule has 2 rings (SSSR count). The molecule has 1 unspecified atom stereocenters. The summed E-state index contributed by atoms with van der Waals surface area (Å²) in [5, 5.41) is 18.9. The van der Waals surface area contributed by atoms with Crippen molar-refractivity contribution < 1.29 is 9.84 Å². The van der Waals surface area contributed by atoms with Crippen LogP contribution >= 0.6 is 0 Å². The second-order valence-corrected chi connectivity index (χ2v) is 5.59. The van der Waals surface area contributed by atoms with Gasteiger partial charge in [0.1, 0.15) is 0 Å². The number of ether oxygens (including phenoxy) is 1. The minimum atomic E-state index is -0.548. The number of hydrogen-bond acceptors (Lipinski definition) is 4. The smallest absolute Gasteiger partial charge is 0.0992 e. The van der Waals surface area contributed by atoms with Gasteiger partial charge < -0.3 is 14.7 Å². The number of rotatable bonds is 2. The van der Waals surface area contributed by atoms with Crippen molar-refractivity contribution in [1.82, 2.24) is 0 Å². The van der Waals surface area contributed by atoms with E-state index >= 15 is 0 Å². The van der Waals surface area contributed by atoms with Crippen molar-refractivity contribution >= 4 is 5.69 Å². The topological polar surface area (TPSA) is 56.5 Å². The predicted octanol–water partition coefficient (Wildman–Crippen LogP) is 2.23. The fraction of sp³-hybridized carbons (Fsp3) is 0.533. The summed E-state index contributed by atoms with van der Waals surface area (Å²) in [5.74, 6) is 0. The first-order chi connectivity index (χ1) is 8.93. The molecule has 1 fully saturated rings. The van der Waals surface area contributed by atoms with Crippen LogP contribution in [0.1, 0.15) is 38.0 Å². The Hall–Kier alpha value is -1.57. The Morgan fingerprint density at radius 1 is 1.47 bits per heavy atom. The van der Waals surface area contributed by atoms with Crippen molar-refractivity contribution in [2.24, 2.45) is 0 Å². The first-order valence-corrected chi connectivity index (χ1v) is 6.54. The molecule has 1 N–H and O–H groups in total. The van der Waals surface area contributed by atoms with E-state index in [4.69, 9.17) is 10.00 Å². The van der Waals surface area contributed by atoms with Crippen molar-refractivity contribution in [3.05, 3.63) is 29.3 Å². The zero-order valence-corrected chi connectivity index (χ0v) is 11.7. The summed E-state index contributed by atoms with van der Waals surface area (Å²) in [6.45, 7) is 8.03. The summed E-state index contributed by atoms with van der Waals surface area (Å²) in [6, 6.07) is 7.59. The van der Waals surface area contributed by atoms with Gasteiger partial charge in [0, 0.05) is 24.3 Å². The lowest BCUT2D eigenvalue weighted by Crippen LogP contribution is -2.48. The molecule has 1 heterocycles. The average Bonchev–Trinajstić information content (AvgIpc) is 2.36. The van der Waals surface area contributed by atoms with Crippen molar-refractivity contribution in [2.75, 3.05) is 24.6 Å². The number of benzene rings is 1. The quantitative estimate of drug-likeness (QED) is 0.886. The first kappa shape index (κ1) is 13.9. The molecule has 4 nitrogen and oxygen atoms in total. The number of aliphatic hydroxyl groups excluding tert-OH is 1. The Morgan fingerprint density at radius 3 is 2.79 bits per heavy atom. The van der Waals surface area contributed by atoms with Crippen molar-refractivity contribution in [1.29, 1.82) is 5.26 Å². The zero-order chi connectivity index (χ0) is 14.0. The van der Waals surface area contributed by atoms with Gasteiger partial charge in [0.25, 0.3) is 0 Å². The molecular weight excluding hydrogens is 240 g/mol. The Kier molecular flexibility index (Phi) is 3.79. The van der Waals surface area contributed by atoms with Crippen LogP contribution in [0.5, 0.6) is 0 Å². The maximum Gasteiger partial charge on any atom is 0.0992 e. The number of anilines is 1. The molecule has 0 spiro atoms. The molecule has 0 aliphatic carbocycles. The predicted molar refractivity (Wildman–Crippen MR) is 74.0 cm³/mol. The summed E-state index contributed by atoms with van der Waals surface area (Å²) < 4.78 is 5.70. The Labute approximate surface area is 114 Å². The van der Waals surface area contributed by atoms with E-state index in [0.29, 0.717) is 12.2 Å². The van der Waals surface area contributed by atoms with E-state index in [1.165, 1.54) is 0 Å². The van der Waals surface area contributed by atoms with Gasteiger partial charge in [-0.15, -0.1) is 0 Å². The Morgan fingerprint density at radius 2 is 2.21 bits per heavy atom. The molecule has 4 heteroatoms. The Bertz CT molecular complexity index is 503. The van der Waals surface area contributed by atoms with E-state index < -0.39 is 6.10 Å². The summed E-state index contributed by atoms with van der Waals surface area (Å²) in [6.07, 6.45) is -0.548. The molecule has 0 saturated carbocycles. The fourth-order valence-corrected chi connectivity index (χ4v) is 2.46. The molecule has 1 aliphatic heterocycles. The van der Waals surface area contributed by atoms with E-state index in [2.05, 4.69) is 24.8 Å². The summed E-state index contributed by atoms with van der Waals surface area (Å²) in [4.78, 5) is 2.19. The second-order valence-electron chi connectivity index (χ2n) is 5.59. The third-order valence-corrected chi connectivity index (χ3v) is 3.38. The molecule has 0 radical (unpaired) electrons. The van der Waals surface area contributed by atoms with Gasteiger partial charge in [-0.3, -0.25) is 0 Å². The molecule has 1 aliphatic rings. The van der Waals surface area contributed by atoms with Gasteiger partial charge in [0.15, 0.2) is 0 Å². The zero-order valence-electron chi connectivity index (χ0n) is 11.7. The molecule has 1 saturated heterocycles. The van der Waals surface area contributed by atoms with Crippen LogP contribution in [0, 0.1) is 11.3 Å². The maximum atomic E-state index is 9.89. The lowest BCUT2D eigenvalue weighted by Gasteiger charge is -2.40. The number of aliphatic hydroxyl groups is 1. The van der Waals surface area contributed by atoms with Gasteiger partial charge in [-0.05, 0) is 32.9 Å². The molecule has 0 amide bonds. The van der Waals surface area contributed by atoms with Crippen LogP contribution in [-0.2, 0) is 4.74 Å². The highest BCUT2D eigenvalue weighted by Gasteiger charge is 2.28. The average molecular weight is 260 g/mol. The van der Waals surface area contributed by atoms with E-state index in [1.807, 2.05) is 12.1 Å². The van der Waals surface area contributed by atoms with Crippen LogP contribution in [0.3, 0.4) is 0 Å². The summed E-state index contributed by atoms with van der Waals surface area (Å²) in [7, 11) is 0. The summed E-state index contributed by atoms with van der Waals surface area (Å²) >= 11 is 0. The van der Waals surface area contributed by atoms with Crippen LogP contribution in [0.4, 0.5) is 5.69 Å². The van der Waals surface area contributed by atoms with E-state index in [0.717, 1.165) is 24.3 Å². The van der Waals surface area contributed by atoms with Gasteiger partial charge in [0.2, 0.25) is 0 Å². The molecule has 1 aromatic rings. The third kappa shape index (κ3) is 3.06. The largest absolute Gasteiger partial charge is 0.389 e. The minimum Gasteiger partial charge on any atom is -0.389 e. The fourth-order valence-electron chi connectivity index (χ4n) is 2.46. The molecule has 1 aromatic carbocycles. The number of hydrogen-bond donors (Lipinski definition) is 1. The molecule has 102 valence electrons. The highest BCUT2D eigenvalue weighted by Crippen LogP contribution is 2.30. The first-order valence-electron chi connectivity index (χ1n) is 6.54. The molecule has 19 heavy (non-hydrogen) atoms. The lowest BCUT2D eigenvalue weighted by atomic mass is 10.0. The monoisotopic (exact) mass is 260 g/mol. The van der Waals surface area contributed by atoms with Gasteiger partial charge in [-0.25, -0.2) is 0 Å². The second kappa shape index (κ2) is 5.20. The van der Waals surface area contributed by atoms with E-state index in [1.54, 1.807) is 13.0 Å². The van der Waals surface area contributed by atoms with Crippen LogP contribution in [0.25, 0.3) is 0 Å². The number of nitriles is 1. The van der Waals surface area contributed by atoms with Crippen molar-refractivity contribution in [3.63, 3.8) is 0 Å². The van der Waals surface area contributed by atoms with Crippen LogP contribution in [0.15, 0.2) is 18.2 Å². The molecular formula is C15H20N2O2. The highest BCUT2D eigenvalue weighted by molar-refractivity contribution is 5.59. The highest BCUT2D eigenvalue weighted by atomic mass is 16.5. The number of nitrogens with zero attached hydrogens (tertiary/aromatic N) is 2. The van der Waals surface area contributed by atoms with Crippen molar-refractivity contribution in [3.8, 4) is 6.07 Å². The van der Waals surface area contributed by atoms with Gasteiger partial charge in [-0.2, -0.15) is 5.26 Å². The number of morpholine rings is 1. The van der Waals surface area contributed by atoms with Crippen molar-refractivity contribution in [2.45, 2.75) is 32.5 Å². The van der Waals surface area contributed by atoms with Gasteiger partial charge in [0.05, 0.1) is 29.9 Å². The lowest BCUT2D eigenvalue weighted by molar-refractivity contribution is -0.0278. The van der Waals surface area contributed by atoms with Crippen LogP contribution < -0.4 is 4.90 Å². The van der Waals surface area contributed by atoms with E-state index in [9.17, 15) is 5.11 Å². The maximum absolute atomic E-state index is 9.89. The van der Waals surface area contributed by atoms with Gasteiger partial charge >= 0.3 is 0 Å². The van der Waals surface area contributed by atoms with Crippen LogP contribution in [-0.4, -0.2) is 30.4 Å². The molecule has 1 atom stereocenters. The van der Waals surface area contributed by atoms with Gasteiger partial charge in [-0.1, -0.05) is 6.07 Å². The molecule has 0 aromatic heterocycles. The summed E-state index contributed by atoms with van der Waals surface area (Å²) in [5.41, 5.74) is 2.20. The SMILES string of the molecule is CC(O)c1ccc(C#N)cc1N1CCOC(C)(C)C1. The van der Waals surface area contributed by atoms with E-state index in [-0.39, 0.29) is 5.60 Å². The molecule has 0 bridgehead atoms. The third-order valence-electron chi connectivity index (χ3n) is 3.38. The standard InChI is InChI=1S/C15H20N2O2/c1-11(18)13-5-4-12(9-16)8-14(13)17-6-7-19-15(2,3)10-17/h4-5,8,11,18H,6-7,10H2,1-3H3.